The van der Waals surface area contributed by atoms with Crippen molar-refractivity contribution in [2.24, 2.45) is 5.92 Å². The fourth-order valence-electron chi connectivity index (χ4n) is 1.54. The lowest BCUT2D eigenvalue weighted by atomic mass is 10.1. The van der Waals surface area contributed by atoms with Gasteiger partial charge in [-0.3, -0.25) is 0 Å². The van der Waals surface area contributed by atoms with Crippen LogP contribution in [0.3, 0.4) is 0 Å². The summed E-state index contributed by atoms with van der Waals surface area (Å²) in [5.74, 6) is 1.16. The van der Waals surface area contributed by atoms with Gasteiger partial charge in [-0.05, 0) is 31.9 Å². The van der Waals surface area contributed by atoms with Crippen LogP contribution in [0.15, 0.2) is 22.8 Å². The number of rotatable bonds is 3. The molecule has 1 aliphatic heterocycles. The van der Waals surface area contributed by atoms with Crippen LogP contribution >= 0.6 is 0 Å². The Morgan fingerprint density at radius 1 is 1.36 bits per heavy atom. The molecule has 1 saturated heterocycles. The molecule has 0 amide bonds. The highest BCUT2D eigenvalue weighted by molar-refractivity contribution is 5.00. The zero-order valence-electron chi connectivity index (χ0n) is 8.02. The minimum atomic E-state index is -0.334. The van der Waals surface area contributed by atoms with E-state index in [1.54, 1.807) is 6.26 Å². The Balaban J connectivity index is 1.84. The number of furan rings is 1. The number of ether oxygens (including phenoxy) is 2. The average molecular weight is 194 g/mol. The summed E-state index contributed by atoms with van der Waals surface area (Å²) >= 11 is 0. The summed E-state index contributed by atoms with van der Waals surface area (Å²) in [5.41, 5.74) is 0. The molecule has 76 valence electrons. The first-order valence-electron chi connectivity index (χ1n) is 4.87. The molecule has 0 N–H and O–H groups in total. The van der Waals surface area contributed by atoms with Gasteiger partial charge in [0.05, 0.1) is 19.5 Å². The molecule has 2 heterocycles. The van der Waals surface area contributed by atoms with Crippen LogP contribution in [0.2, 0.25) is 0 Å². The van der Waals surface area contributed by atoms with Gasteiger partial charge in [-0.15, -0.1) is 0 Å². The van der Waals surface area contributed by atoms with Crippen molar-refractivity contribution in [3.63, 3.8) is 0 Å². The molecule has 0 atom stereocenters. The van der Waals surface area contributed by atoms with E-state index in [4.69, 9.17) is 20.8 Å². The Labute approximate surface area is 84.0 Å². The lowest BCUT2D eigenvalue weighted by Gasteiger charge is -2.27. The molecule has 14 heavy (non-hydrogen) atoms. The van der Waals surface area contributed by atoms with Gasteiger partial charge in [-0.2, -0.15) is 0 Å². The summed E-state index contributed by atoms with van der Waals surface area (Å²) in [6.07, 6.45) is 2.92. The van der Waals surface area contributed by atoms with Crippen LogP contribution in [0.1, 0.15) is 24.9 Å². The van der Waals surface area contributed by atoms with E-state index in [2.05, 4.69) is 0 Å². The fraction of sp³-hybridized carbons (Fsp3) is 0.545. The SMILES string of the molecule is [CH]CCC1COC(c2ccco2)OC1. The summed E-state index contributed by atoms with van der Waals surface area (Å²) in [6.45, 7) is 6.85. The van der Waals surface area contributed by atoms with Crippen LogP contribution in [0.25, 0.3) is 0 Å². The molecule has 1 aromatic heterocycles. The monoisotopic (exact) mass is 194 g/mol. The highest BCUT2D eigenvalue weighted by Crippen LogP contribution is 2.26. The second-order valence-corrected chi connectivity index (χ2v) is 3.46. The highest BCUT2D eigenvalue weighted by Gasteiger charge is 2.24. The van der Waals surface area contributed by atoms with Crippen LogP contribution in [-0.2, 0) is 9.47 Å². The van der Waals surface area contributed by atoms with Crippen LogP contribution in [-0.4, -0.2) is 13.2 Å². The fourth-order valence-corrected chi connectivity index (χ4v) is 1.54. The quantitative estimate of drug-likeness (QED) is 0.740. The zero-order chi connectivity index (χ0) is 9.80. The maximum atomic E-state index is 5.52. The molecular weight excluding hydrogens is 180 g/mol. The molecule has 3 heteroatoms. The van der Waals surface area contributed by atoms with E-state index in [1.807, 2.05) is 12.1 Å². The van der Waals surface area contributed by atoms with Crippen molar-refractivity contribution in [2.45, 2.75) is 19.1 Å². The van der Waals surface area contributed by atoms with Gasteiger partial charge < -0.3 is 13.9 Å². The van der Waals surface area contributed by atoms with E-state index in [0.29, 0.717) is 25.6 Å². The van der Waals surface area contributed by atoms with Crippen LogP contribution in [0, 0.1) is 12.8 Å². The van der Waals surface area contributed by atoms with Gasteiger partial charge in [-0.1, -0.05) is 0 Å². The van der Waals surface area contributed by atoms with E-state index in [0.717, 1.165) is 12.2 Å². The minimum Gasteiger partial charge on any atom is -0.464 e. The summed E-state index contributed by atoms with van der Waals surface area (Å²) in [5, 5.41) is 0. The highest BCUT2D eigenvalue weighted by atomic mass is 16.7. The average Bonchev–Trinajstić information content (AvgIpc) is 2.72. The van der Waals surface area contributed by atoms with E-state index < -0.39 is 0 Å². The molecule has 1 fully saturated rings. The summed E-state index contributed by atoms with van der Waals surface area (Å²) in [6, 6.07) is 3.68. The topological polar surface area (TPSA) is 31.6 Å². The molecule has 3 nitrogen and oxygen atoms in total. The van der Waals surface area contributed by atoms with E-state index in [-0.39, 0.29) is 6.29 Å². The Morgan fingerprint density at radius 3 is 2.71 bits per heavy atom. The third-order valence-corrected chi connectivity index (χ3v) is 2.32. The molecular formula is C11H14O3. The Kier molecular flexibility index (Phi) is 3.22. The van der Waals surface area contributed by atoms with Gasteiger partial charge >= 0.3 is 0 Å². The smallest absolute Gasteiger partial charge is 0.217 e. The molecule has 1 aliphatic rings. The number of hydrogen-bond acceptors (Lipinski definition) is 3. The van der Waals surface area contributed by atoms with E-state index >= 15 is 0 Å². The Bertz CT molecular complexity index is 248. The van der Waals surface area contributed by atoms with Gasteiger partial charge in [0.1, 0.15) is 0 Å². The van der Waals surface area contributed by atoms with Crippen molar-refractivity contribution < 1.29 is 13.9 Å². The third-order valence-electron chi connectivity index (χ3n) is 2.32. The molecule has 2 rings (SSSR count). The second-order valence-electron chi connectivity index (χ2n) is 3.46. The largest absolute Gasteiger partial charge is 0.464 e. The molecule has 0 aliphatic carbocycles. The van der Waals surface area contributed by atoms with Crippen molar-refractivity contribution in [3.8, 4) is 0 Å². The van der Waals surface area contributed by atoms with Crippen molar-refractivity contribution in [2.75, 3.05) is 13.2 Å². The first-order chi connectivity index (χ1) is 6.90. The summed E-state index contributed by atoms with van der Waals surface area (Å²) in [4.78, 5) is 0. The maximum absolute atomic E-state index is 5.52. The van der Waals surface area contributed by atoms with Crippen molar-refractivity contribution in [1.29, 1.82) is 0 Å². The van der Waals surface area contributed by atoms with Gasteiger partial charge in [0, 0.05) is 5.92 Å². The van der Waals surface area contributed by atoms with Crippen molar-refractivity contribution >= 4 is 0 Å². The molecule has 0 unspecified atom stereocenters. The van der Waals surface area contributed by atoms with Gasteiger partial charge in [-0.25, -0.2) is 0 Å². The molecule has 0 aromatic carbocycles. The van der Waals surface area contributed by atoms with Gasteiger partial charge in [0.2, 0.25) is 6.29 Å². The molecule has 0 saturated carbocycles. The molecule has 0 spiro atoms. The third kappa shape index (κ3) is 2.16. The second kappa shape index (κ2) is 4.62. The summed E-state index contributed by atoms with van der Waals surface area (Å²) < 4.78 is 16.2. The summed E-state index contributed by atoms with van der Waals surface area (Å²) in [7, 11) is 0. The minimum absolute atomic E-state index is 0.334. The predicted octanol–water partition coefficient (Wildman–Crippen LogP) is 2.43. The van der Waals surface area contributed by atoms with Crippen LogP contribution in [0.4, 0.5) is 0 Å². The normalized spacial score (nSPS) is 27.8. The molecule has 1 aromatic rings. The van der Waals surface area contributed by atoms with Crippen LogP contribution in [0.5, 0.6) is 0 Å². The standard InChI is InChI=1S/C11H14O3/c1-2-4-9-7-13-11(14-8-9)10-5-3-6-12-10/h1,3,5-6,9,11H,2,4,7-8H2. The first kappa shape index (κ1) is 9.74. The maximum Gasteiger partial charge on any atom is 0.217 e. The first-order valence-corrected chi connectivity index (χ1v) is 4.87. The molecule has 2 radical (unpaired) electrons. The lowest BCUT2D eigenvalue weighted by Crippen LogP contribution is -2.26. The molecule has 0 bridgehead atoms. The Morgan fingerprint density at radius 2 is 2.14 bits per heavy atom. The number of hydrogen-bond donors (Lipinski definition) is 0. The zero-order valence-corrected chi connectivity index (χ0v) is 8.02. The lowest BCUT2D eigenvalue weighted by molar-refractivity contribution is -0.213. The van der Waals surface area contributed by atoms with E-state index in [1.165, 1.54) is 0 Å². The van der Waals surface area contributed by atoms with E-state index in [9.17, 15) is 0 Å². The van der Waals surface area contributed by atoms with Gasteiger partial charge in [0.15, 0.2) is 5.76 Å². The van der Waals surface area contributed by atoms with Crippen molar-refractivity contribution in [3.05, 3.63) is 31.1 Å². The van der Waals surface area contributed by atoms with Gasteiger partial charge in [0.25, 0.3) is 0 Å². The van der Waals surface area contributed by atoms with Crippen LogP contribution < -0.4 is 0 Å². The Hall–Kier alpha value is -0.800. The van der Waals surface area contributed by atoms with Crippen molar-refractivity contribution in [1.82, 2.24) is 0 Å². The predicted molar refractivity (Wildman–Crippen MR) is 50.4 cm³/mol.